The first-order valence-electron chi connectivity index (χ1n) is 11.6. The second-order valence-electron chi connectivity index (χ2n) is 10.1. The van der Waals surface area contributed by atoms with E-state index < -0.39 is 26.1 Å². The Balaban J connectivity index is 2.52. The fourth-order valence-electron chi connectivity index (χ4n) is 3.60. The molecule has 0 aliphatic rings. The van der Waals surface area contributed by atoms with E-state index in [2.05, 4.69) is 42.2 Å². The van der Waals surface area contributed by atoms with E-state index in [1.165, 1.54) is 12.1 Å². The highest BCUT2D eigenvalue weighted by Crippen LogP contribution is 2.34. The van der Waals surface area contributed by atoms with Crippen molar-refractivity contribution in [2.75, 3.05) is 12.9 Å². The first-order chi connectivity index (χ1) is 16.3. The molecular formula is C24H36ClFIN3O3SSi. The van der Waals surface area contributed by atoms with E-state index in [9.17, 15) is 9.18 Å². The van der Waals surface area contributed by atoms with E-state index in [1.54, 1.807) is 22.7 Å². The molecule has 0 fully saturated rings. The van der Waals surface area contributed by atoms with Crippen molar-refractivity contribution in [3.8, 4) is 0 Å². The van der Waals surface area contributed by atoms with Crippen molar-refractivity contribution in [1.82, 2.24) is 14.5 Å². The predicted molar refractivity (Wildman–Crippen MR) is 153 cm³/mol. The lowest BCUT2D eigenvalue weighted by molar-refractivity contribution is 0.0441. The number of ether oxygens (including phenoxy) is 2. The number of carbonyl (C=O) groups excluding carboxylic acids is 1. The van der Waals surface area contributed by atoms with Crippen molar-refractivity contribution in [3.63, 3.8) is 0 Å². The quantitative estimate of drug-likeness (QED) is 0.108. The van der Waals surface area contributed by atoms with E-state index in [4.69, 9.17) is 26.1 Å². The van der Waals surface area contributed by atoms with Crippen LogP contribution in [0.25, 0.3) is 0 Å². The third-order valence-electron chi connectivity index (χ3n) is 5.34. The number of nitrogens with zero attached hydrogens (tertiary/aromatic N) is 3. The number of aromatic nitrogens is 2. The van der Waals surface area contributed by atoms with Gasteiger partial charge in [0.2, 0.25) is 0 Å². The van der Waals surface area contributed by atoms with Crippen molar-refractivity contribution in [2.45, 2.75) is 83.3 Å². The second-order valence-corrected chi connectivity index (χ2v) is 17.9. The Kier molecular flexibility index (Phi) is 11.4. The molecule has 0 aliphatic heterocycles. The summed E-state index contributed by atoms with van der Waals surface area (Å²) in [5, 5.41) is 0.866. The van der Waals surface area contributed by atoms with Gasteiger partial charge >= 0.3 is 6.09 Å². The summed E-state index contributed by atoms with van der Waals surface area (Å²) in [5.74, 6) is -0.0286. The Morgan fingerprint density at radius 2 is 1.89 bits per heavy atom. The highest BCUT2D eigenvalue weighted by Gasteiger charge is 2.31. The lowest BCUT2D eigenvalue weighted by atomic mass is 10.1. The molecule has 2 aromatic rings. The summed E-state index contributed by atoms with van der Waals surface area (Å²) in [6.45, 7) is 15.6. The SMILES string of the molecule is CSc1c(I)nc(C(OC(=O)N(C(C)C)C(C)C)c2ccc(F)c(Cl)c2)n1COCC[Si](C)(C)C. The molecule has 0 N–H and O–H groups in total. The average molecular weight is 656 g/mol. The van der Waals surface area contributed by atoms with E-state index in [0.717, 1.165) is 14.8 Å². The van der Waals surface area contributed by atoms with Crippen LogP contribution in [0.5, 0.6) is 0 Å². The van der Waals surface area contributed by atoms with Crippen LogP contribution in [0.2, 0.25) is 30.7 Å². The number of halogens is 3. The summed E-state index contributed by atoms with van der Waals surface area (Å²) in [4.78, 5) is 19.7. The van der Waals surface area contributed by atoms with Gasteiger partial charge in [-0.25, -0.2) is 14.2 Å². The zero-order valence-corrected chi connectivity index (χ0v) is 26.4. The summed E-state index contributed by atoms with van der Waals surface area (Å²) in [6, 6.07) is 5.25. The molecule has 0 spiro atoms. The summed E-state index contributed by atoms with van der Waals surface area (Å²) in [6.07, 6.45) is 0.599. The molecule has 1 aromatic carbocycles. The standard InChI is InChI=1S/C24H36ClFIN3O3SSi/c1-15(2)30(16(3)4)24(31)33-20(17-9-10-19(26)18(25)13-17)22-28-21(27)23(34-5)29(22)14-32-11-12-35(6,7)8/h9-10,13,15-16,20H,11-12,14H2,1-8H3. The number of carbonyl (C=O) groups is 1. The number of benzene rings is 1. The molecule has 0 saturated carbocycles. The van der Waals surface area contributed by atoms with Crippen LogP contribution in [0.3, 0.4) is 0 Å². The van der Waals surface area contributed by atoms with Crippen molar-refractivity contribution < 1.29 is 18.7 Å². The highest BCUT2D eigenvalue weighted by molar-refractivity contribution is 14.1. The maximum Gasteiger partial charge on any atom is 0.411 e. The van der Waals surface area contributed by atoms with Crippen LogP contribution in [0, 0.1) is 9.52 Å². The molecular weight excluding hydrogens is 620 g/mol. The summed E-state index contributed by atoms with van der Waals surface area (Å²) in [5.41, 5.74) is 0.537. The van der Waals surface area contributed by atoms with Gasteiger partial charge in [0.1, 0.15) is 21.3 Å². The van der Waals surface area contributed by atoms with Crippen LogP contribution in [0.4, 0.5) is 9.18 Å². The van der Waals surface area contributed by atoms with Crippen molar-refractivity contribution >= 4 is 60.1 Å². The second kappa shape index (κ2) is 13.1. The van der Waals surface area contributed by atoms with Crippen LogP contribution in [-0.2, 0) is 16.2 Å². The lowest BCUT2D eigenvalue weighted by Crippen LogP contribution is -2.43. The average Bonchev–Trinajstić information content (AvgIpc) is 3.05. The molecule has 1 aromatic heterocycles. The van der Waals surface area contributed by atoms with Gasteiger partial charge in [0.15, 0.2) is 11.9 Å². The summed E-state index contributed by atoms with van der Waals surface area (Å²) >= 11 is 9.83. The predicted octanol–water partition coefficient (Wildman–Crippen LogP) is 7.66. The molecule has 1 heterocycles. The molecule has 0 radical (unpaired) electrons. The van der Waals surface area contributed by atoms with Crippen molar-refractivity contribution in [1.29, 1.82) is 0 Å². The monoisotopic (exact) mass is 655 g/mol. The van der Waals surface area contributed by atoms with Crippen LogP contribution >= 0.6 is 46.0 Å². The third kappa shape index (κ3) is 8.34. The number of imidazole rings is 1. The van der Waals surface area contributed by atoms with E-state index in [1.807, 2.05) is 38.5 Å². The molecule has 2 rings (SSSR count). The van der Waals surface area contributed by atoms with Gasteiger partial charge in [-0.2, -0.15) is 0 Å². The van der Waals surface area contributed by atoms with Crippen LogP contribution < -0.4 is 0 Å². The fourth-order valence-corrected chi connectivity index (χ4v) is 6.33. The minimum absolute atomic E-state index is 0.0441. The Labute approximate surface area is 232 Å². The van der Waals surface area contributed by atoms with Gasteiger partial charge in [-0.05, 0) is 74.7 Å². The van der Waals surface area contributed by atoms with Gasteiger partial charge in [-0.3, -0.25) is 4.57 Å². The lowest BCUT2D eigenvalue weighted by Gasteiger charge is -2.31. The largest absolute Gasteiger partial charge is 0.433 e. The van der Waals surface area contributed by atoms with Gasteiger partial charge in [0.05, 0.1) is 5.02 Å². The third-order valence-corrected chi connectivity index (χ3v) is 9.26. The van der Waals surface area contributed by atoms with Gasteiger partial charge in [0, 0.05) is 32.3 Å². The summed E-state index contributed by atoms with van der Waals surface area (Å²) in [7, 11) is -1.25. The van der Waals surface area contributed by atoms with E-state index in [0.29, 0.717) is 18.0 Å². The molecule has 35 heavy (non-hydrogen) atoms. The van der Waals surface area contributed by atoms with Crippen molar-refractivity contribution in [3.05, 3.63) is 44.1 Å². The number of hydrogen-bond acceptors (Lipinski definition) is 5. The van der Waals surface area contributed by atoms with Gasteiger partial charge in [0.25, 0.3) is 0 Å². The first-order valence-corrected chi connectivity index (χ1v) is 18.0. The van der Waals surface area contributed by atoms with Crippen LogP contribution in [0.1, 0.15) is 45.2 Å². The molecule has 11 heteroatoms. The smallest absolute Gasteiger partial charge is 0.411 e. The Bertz CT molecular complexity index is 1010. The topological polar surface area (TPSA) is 56.6 Å². The minimum Gasteiger partial charge on any atom is -0.433 e. The number of hydrogen-bond donors (Lipinski definition) is 0. The highest BCUT2D eigenvalue weighted by atomic mass is 127. The molecule has 0 aliphatic carbocycles. The maximum absolute atomic E-state index is 14.0. The normalized spacial score (nSPS) is 12.9. The molecule has 6 nitrogen and oxygen atoms in total. The molecule has 196 valence electrons. The maximum atomic E-state index is 14.0. The Morgan fingerprint density at radius 3 is 2.40 bits per heavy atom. The molecule has 1 atom stereocenters. The Morgan fingerprint density at radius 1 is 1.26 bits per heavy atom. The number of amides is 1. The molecule has 0 bridgehead atoms. The molecule has 1 amide bonds. The van der Waals surface area contributed by atoms with Gasteiger partial charge in [-0.1, -0.05) is 37.3 Å². The minimum atomic E-state index is -1.25. The van der Waals surface area contributed by atoms with E-state index >= 15 is 0 Å². The number of rotatable bonds is 11. The zero-order chi connectivity index (χ0) is 26.5. The molecule has 1 unspecified atom stereocenters. The summed E-state index contributed by atoms with van der Waals surface area (Å²) < 4.78 is 28.8. The van der Waals surface area contributed by atoms with Crippen LogP contribution in [0.15, 0.2) is 23.2 Å². The molecule has 0 saturated heterocycles. The van der Waals surface area contributed by atoms with E-state index in [-0.39, 0.29) is 23.8 Å². The zero-order valence-electron chi connectivity index (χ0n) is 21.7. The number of thioether (sulfide) groups is 1. The van der Waals surface area contributed by atoms with Crippen molar-refractivity contribution in [2.24, 2.45) is 0 Å². The fraction of sp³-hybridized carbons (Fsp3) is 0.583. The first kappa shape index (κ1) is 30.4. The van der Waals surface area contributed by atoms with Gasteiger partial charge in [-0.15, -0.1) is 11.8 Å². The van der Waals surface area contributed by atoms with Crippen LogP contribution in [-0.4, -0.2) is 53.6 Å². The Hall–Kier alpha value is -0.823. The van der Waals surface area contributed by atoms with Gasteiger partial charge < -0.3 is 14.4 Å².